The molecule has 35 heavy (non-hydrogen) atoms. The number of carbonyl (C=O) groups is 1. The fourth-order valence-electron chi connectivity index (χ4n) is 3.35. The average Bonchev–Trinajstić information content (AvgIpc) is 3.44. The molecule has 0 aliphatic heterocycles. The Bertz CT molecular complexity index is 1560. The molecule has 0 aliphatic rings. The third kappa shape index (κ3) is 5.74. The molecular formula is C24H21N5O4S2. The first-order valence-electron chi connectivity index (χ1n) is 10.5. The van der Waals surface area contributed by atoms with Crippen LogP contribution in [-0.4, -0.2) is 41.1 Å². The van der Waals surface area contributed by atoms with Gasteiger partial charge in [-0.3, -0.25) is 10.1 Å². The summed E-state index contributed by atoms with van der Waals surface area (Å²) in [7, 11) is -3.60. The van der Waals surface area contributed by atoms with Crippen molar-refractivity contribution in [2.45, 2.75) is 18.6 Å². The van der Waals surface area contributed by atoms with Gasteiger partial charge in [-0.05, 0) is 31.2 Å². The van der Waals surface area contributed by atoms with Crippen LogP contribution in [0, 0.1) is 18.3 Å². The molecule has 0 unspecified atom stereocenters. The zero-order valence-corrected chi connectivity index (χ0v) is 20.6. The number of hydrogen-bond donors (Lipinski definition) is 1. The highest BCUT2D eigenvalue weighted by Gasteiger charge is 2.18. The van der Waals surface area contributed by atoms with Gasteiger partial charge in [0.2, 0.25) is 15.0 Å². The van der Waals surface area contributed by atoms with E-state index in [2.05, 4.69) is 14.7 Å². The molecule has 0 saturated heterocycles. The summed E-state index contributed by atoms with van der Waals surface area (Å²) in [5, 5.41) is 12.5. The summed E-state index contributed by atoms with van der Waals surface area (Å²) >= 11 is 0.727. The Hall–Kier alpha value is -4.01. The number of sulfone groups is 1. The number of nitrogens with zero attached hydrogens (tertiary/aromatic N) is 4. The number of nitriles is 1. The first kappa shape index (κ1) is 24.1. The molecule has 0 saturated carbocycles. The van der Waals surface area contributed by atoms with Crippen molar-refractivity contribution in [1.29, 1.82) is 5.26 Å². The Morgan fingerprint density at radius 2 is 1.97 bits per heavy atom. The van der Waals surface area contributed by atoms with Gasteiger partial charge < -0.3 is 9.30 Å². The molecule has 1 amide bonds. The summed E-state index contributed by atoms with van der Waals surface area (Å²) < 4.78 is 34.7. The molecule has 1 N–H and O–H groups in total. The van der Waals surface area contributed by atoms with Crippen LogP contribution in [0.5, 0.6) is 5.75 Å². The lowest BCUT2D eigenvalue weighted by molar-refractivity contribution is -0.112. The van der Waals surface area contributed by atoms with Gasteiger partial charge in [0, 0.05) is 40.5 Å². The third-order valence-corrected chi connectivity index (χ3v) is 6.66. The van der Waals surface area contributed by atoms with Crippen LogP contribution in [0.4, 0.5) is 5.13 Å². The number of ether oxygens (including phenoxy) is 1. The second kappa shape index (κ2) is 10.1. The SMILES string of the molecule is Cc1ccc(OCCn2cc(/C=C(/C#N)C(=O)Nc3nc(S(C)(=O)=O)ns3)c3ccccc32)cc1. The number of carbonyl (C=O) groups excluding carboxylic acids is 1. The highest BCUT2D eigenvalue weighted by atomic mass is 32.2. The maximum atomic E-state index is 12.7. The van der Waals surface area contributed by atoms with E-state index in [1.54, 1.807) is 0 Å². The smallest absolute Gasteiger partial charge is 0.268 e. The molecule has 0 spiro atoms. The zero-order chi connectivity index (χ0) is 25.0. The van der Waals surface area contributed by atoms with Gasteiger partial charge in [0.05, 0.1) is 6.54 Å². The van der Waals surface area contributed by atoms with Crippen molar-refractivity contribution in [3.8, 4) is 11.8 Å². The van der Waals surface area contributed by atoms with E-state index in [0.717, 1.165) is 40.0 Å². The number of fused-ring (bicyclic) bond motifs is 1. The van der Waals surface area contributed by atoms with Crippen LogP contribution >= 0.6 is 11.5 Å². The number of rotatable bonds is 8. The number of aryl methyl sites for hydroxylation is 1. The molecule has 4 rings (SSSR count). The van der Waals surface area contributed by atoms with Gasteiger partial charge in [-0.1, -0.05) is 35.9 Å². The van der Waals surface area contributed by atoms with Gasteiger partial charge in [0.1, 0.15) is 24.0 Å². The van der Waals surface area contributed by atoms with Crippen LogP contribution in [0.15, 0.2) is 65.5 Å². The minimum absolute atomic E-state index is 0.00717. The fraction of sp³-hybridized carbons (Fsp3) is 0.167. The lowest BCUT2D eigenvalue weighted by Crippen LogP contribution is -2.13. The largest absolute Gasteiger partial charge is 0.492 e. The Morgan fingerprint density at radius 3 is 2.66 bits per heavy atom. The van der Waals surface area contributed by atoms with E-state index in [-0.39, 0.29) is 15.9 Å². The Balaban J connectivity index is 1.54. The maximum Gasteiger partial charge on any atom is 0.268 e. The van der Waals surface area contributed by atoms with Gasteiger partial charge in [0.25, 0.3) is 11.1 Å². The number of anilines is 1. The van der Waals surface area contributed by atoms with Crippen molar-refractivity contribution in [2.24, 2.45) is 0 Å². The van der Waals surface area contributed by atoms with E-state index in [1.807, 2.05) is 72.3 Å². The summed E-state index contributed by atoms with van der Waals surface area (Å²) in [6, 6.07) is 17.4. The predicted octanol–water partition coefficient (Wildman–Crippen LogP) is 3.83. The van der Waals surface area contributed by atoms with Gasteiger partial charge in [0.15, 0.2) is 0 Å². The van der Waals surface area contributed by atoms with Crippen LogP contribution in [0.1, 0.15) is 11.1 Å². The molecule has 0 atom stereocenters. The van der Waals surface area contributed by atoms with Crippen molar-refractivity contribution in [3.63, 3.8) is 0 Å². The number of amides is 1. The van der Waals surface area contributed by atoms with E-state index in [4.69, 9.17) is 4.74 Å². The summed E-state index contributed by atoms with van der Waals surface area (Å²) in [4.78, 5) is 16.5. The Morgan fingerprint density at radius 1 is 1.23 bits per heavy atom. The second-order valence-electron chi connectivity index (χ2n) is 7.73. The minimum atomic E-state index is -3.60. The van der Waals surface area contributed by atoms with Crippen LogP contribution in [0.25, 0.3) is 17.0 Å². The topological polar surface area (TPSA) is 127 Å². The highest BCUT2D eigenvalue weighted by Crippen LogP contribution is 2.24. The molecule has 4 aromatic rings. The summed E-state index contributed by atoms with van der Waals surface area (Å²) in [5.41, 5.74) is 2.63. The average molecular weight is 508 g/mol. The Labute approximate surface area is 206 Å². The third-order valence-electron chi connectivity index (χ3n) is 5.07. The van der Waals surface area contributed by atoms with Crippen LogP contribution in [0.2, 0.25) is 0 Å². The Kier molecular flexibility index (Phi) is 6.95. The molecule has 0 bridgehead atoms. The summed E-state index contributed by atoms with van der Waals surface area (Å²) in [6.45, 7) is 3.02. The molecule has 2 heterocycles. The van der Waals surface area contributed by atoms with E-state index >= 15 is 0 Å². The standard InChI is InChI=1S/C24H21N5O4S2/c1-16-7-9-19(10-8-16)33-12-11-29-15-18(20-5-3-4-6-21(20)29)13-17(14-25)22(30)26-23-27-24(28-34-23)35(2,31)32/h3-10,13,15H,11-12H2,1-2H3,(H,26,27,28,30)/b17-13-. The van der Waals surface area contributed by atoms with Gasteiger partial charge >= 0.3 is 0 Å². The van der Waals surface area contributed by atoms with Gasteiger partial charge in [-0.15, -0.1) is 0 Å². The quantitative estimate of drug-likeness (QED) is 0.284. The number of hydrogen-bond acceptors (Lipinski definition) is 8. The van der Waals surface area contributed by atoms with Gasteiger partial charge in [-0.25, -0.2) is 8.42 Å². The van der Waals surface area contributed by atoms with Crippen molar-refractivity contribution >= 4 is 49.4 Å². The summed E-state index contributed by atoms with van der Waals surface area (Å²) in [5.74, 6) is 0.0783. The molecule has 2 aromatic heterocycles. The lowest BCUT2D eigenvalue weighted by atomic mass is 10.1. The minimum Gasteiger partial charge on any atom is -0.492 e. The lowest BCUT2D eigenvalue weighted by Gasteiger charge is -2.08. The van der Waals surface area contributed by atoms with Crippen molar-refractivity contribution in [1.82, 2.24) is 13.9 Å². The predicted molar refractivity (Wildman–Crippen MR) is 134 cm³/mol. The molecule has 0 radical (unpaired) electrons. The van der Waals surface area contributed by atoms with Crippen LogP contribution in [0.3, 0.4) is 0 Å². The van der Waals surface area contributed by atoms with Crippen LogP contribution < -0.4 is 10.1 Å². The molecule has 2 aromatic carbocycles. The molecular weight excluding hydrogens is 486 g/mol. The number of nitrogens with one attached hydrogen (secondary N) is 1. The molecule has 0 fully saturated rings. The molecule has 0 aliphatic carbocycles. The van der Waals surface area contributed by atoms with Crippen molar-refractivity contribution < 1.29 is 17.9 Å². The highest BCUT2D eigenvalue weighted by molar-refractivity contribution is 7.90. The molecule has 11 heteroatoms. The number of para-hydroxylation sites is 1. The number of benzene rings is 2. The number of aromatic nitrogens is 3. The van der Waals surface area contributed by atoms with Gasteiger partial charge in [-0.2, -0.15) is 14.6 Å². The molecule has 178 valence electrons. The second-order valence-corrected chi connectivity index (χ2v) is 10.4. The van der Waals surface area contributed by atoms with E-state index in [9.17, 15) is 18.5 Å². The van der Waals surface area contributed by atoms with E-state index in [0.29, 0.717) is 18.7 Å². The zero-order valence-electron chi connectivity index (χ0n) is 18.9. The van der Waals surface area contributed by atoms with Crippen LogP contribution in [-0.2, 0) is 21.2 Å². The van der Waals surface area contributed by atoms with Crippen molar-refractivity contribution in [3.05, 3.63) is 71.4 Å². The molecule has 9 nitrogen and oxygen atoms in total. The first-order valence-corrected chi connectivity index (χ1v) is 13.2. The van der Waals surface area contributed by atoms with E-state index < -0.39 is 15.7 Å². The normalized spacial score (nSPS) is 11.9. The fourth-order valence-corrected chi connectivity index (χ4v) is 4.79. The maximum absolute atomic E-state index is 12.7. The first-order chi connectivity index (χ1) is 16.7. The van der Waals surface area contributed by atoms with Crippen molar-refractivity contribution in [2.75, 3.05) is 18.2 Å². The monoisotopic (exact) mass is 507 g/mol. The summed E-state index contributed by atoms with van der Waals surface area (Å²) in [6.07, 6.45) is 4.33. The van der Waals surface area contributed by atoms with E-state index in [1.165, 1.54) is 6.08 Å².